The molecule has 0 spiro atoms. The quantitative estimate of drug-likeness (QED) is 0.747. The van der Waals surface area contributed by atoms with E-state index in [1.54, 1.807) is 17.5 Å². The van der Waals surface area contributed by atoms with Gasteiger partial charge in [0, 0.05) is 37.8 Å². The number of fused-ring (bicyclic) bond motifs is 1. The molecule has 2 aromatic heterocycles. The van der Waals surface area contributed by atoms with Crippen LogP contribution >= 0.6 is 22.9 Å². The van der Waals surface area contributed by atoms with Crippen LogP contribution in [0.25, 0.3) is 10.9 Å². The molecule has 1 aliphatic rings. The van der Waals surface area contributed by atoms with E-state index in [2.05, 4.69) is 16.0 Å². The maximum absolute atomic E-state index is 12.9. The molecule has 0 bridgehead atoms. The van der Waals surface area contributed by atoms with Gasteiger partial charge in [0.1, 0.15) is 6.07 Å². The van der Waals surface area contributed by atoms with Crippen LogP contribution in [-0.2, 0) is 0 Å². The fourth-order valence-electron chi connectivity index (χ4n) is 3.20. The van der Waals surface area contributed by atoms with E-state index in [9.17, 15) is 4.79 Å². The Morgan fingerprint density at radius 2 is 2.00 bits per heavy atom. The van der Waals surface area contributed by atoms with Crippen molar-refractivity contribution in [3.8, 4) is 6.07 Å². The normalized spacial score (nSPS) is 14.7. The Bertz CT molecular complexity index is 979. The van der Waals surface area contributed by atoms with Crippen molar-refractivity contribution in [2.24, 2.45) is 0 Å². The summed E-state index contributed by atoms with van der Waals surface area (Å²) in [7, 11) is 0. The molecule has 1 N–H and O–H groups in total. The van der Waals surface area contributed by atoms with Crippen LogP contribution in [0.5, 0.6) is 0 Å². The lowest BCUT2D eigenvalue weighted by molar-refractivity contribution is 0.0749. The van der Waals surface area contributed by atoms with Crippen LogP contribution in [0.4, 0.5) is 5.00 Å². The van der Waals surface area contributed by atoms with Gasteiger partial charge in [-0.25, -0.2) is 0 Å². The lowest BCUT2D eigenvalue weighted by Gasteiger charge is -2.35. The van der Waals surface area contributed by atoms with Gasteiger partial charge in [0.15, 0.2) is 0 Å². The van der Waals surface area contributed by atoms with Gasteiger partial charge in [-0.2, -0.15) is 5.26 Å². The summed E-state index contributed by atoms with van der Waals surface area (Å²) in [4.78, 5) is 20.1. The number of hydrogen-bond acceptors (Lipinski definition) is 4. The van der Waals surface area contributed by atoms with E-state index in [1.165, 1.54) is 0 Å². The first-order valence-electron chi connectivity index (χ1n) is 7.97. The van der Waals surface area contributed by atoms with Gasteiger partial charge in [-0.05, 0) is 18.2 Å². The third-order valence-corrected chi connectivity index (χ3v) is 5.80. The summed E-state index contributed by atoms with van der Waals surface area (Å²) in [5.74, 6) is 0.000742. The fourth-order valence-corrected chi connectivity index (χ4v) is 4.28. The highest BCUT2D eigenvalue weighted by molar-refractivity contribution is 7.19. The Morgan fingerprint density at radius 3 is 2.68 bits per heavy atom. The molecule has 0 aliphatic carbocycles. The van der Waals surface area contributed by atoms with Gasteiger partial charge in [-0.3, -0.25) is 4.79 Å². The number of nitrogens with one attached hydrogen (secondary N) is 1. The highest BCUT2D eigenvalue weighted by atomic mass is 35.5. The second-order valence-electron chi connectivity index (χ2n) is 5.90. The summed E-state index contributed by atoms with van der Waals surface area (Å²) in [5.41, 5.74) is 1.91. The van der Waals surface area contributed by atoms with Crippen molar-refractivity contribution in [3.63, 3.8) is 0 Å². The van der Waals surface area contributed by atoms with E-state index in [0.717, 1.165) is 33.3 Å². The zero-order valence-corrected chi connectivity index (χ0v) is 14.9. The van der Waals surface area contributed by atoms with E-state index in [4.69, 9.17) is 16.9 Å². The molecular formula is C18H15ClN4OS. The molecule has 0 radical (unpaired) electrons. The molecule has 0 saturated carbocycles. The number of carbonyl (C=O) groups is 1. The molecule has 126 valence electrons. The number of nitrogens with zero attached hydrogens (tertiary/aromatic N) is 3. The fraction of sp³-hybridized carbons (Fsp3) is 0.222. The number of H-pyrrole nitrogens is 1. The number of rotatable bonds is 2. The lowest BCUT2D eigenvalue weighted by atomic mass is 10.1. The zero-order valence-electron chi connectivity index (χ0n) is 13.3. The number of amides is 1. The number of nitriles is 1. The van der Waals surface area contributed by atoms with Crippen LogP contribution in [0.3, 0.4) is 0 Å². The number of thiophene rings is 1. The topological polar surface area (TPSA) is 63.1 Å². The van der Waals surface area contributed by atoms with Crippen molar-refractivity contribution < 1.29 is 4.79 Å². The van der Waals surface area contributed by atoms with Crippen LogP contribution in [0.1, 0.15) is 15.9 Å². The van der Waals surface area contributed by atoms with Gasteiger partial charge in [0.05, 0.1) is 26.0 Å². The average Bonchev–Trinajstić information content (AvgIpc) is 3.27. The van der Waals surface area contributed by atoms with Crippen LogP contribution in [0.15, 0.2) is 36.5 Å². The predicted octanol–water partition coefficient (Wildman–Crippen LogP) is 3.72. The number of carbonyl (C=O) groups excluding carboxylic acids is 1. The number of aromatic amines is 1. The Balaban J connectivity index is 1.53. The largest absolute Gasteiger partial charge is 0.360 e. The van der Waals surface area contributed by atoms with Crippen LogP contribution in [0.2, 0.25) is 4.34 Å². The minimum Gasteiger partial charge on any atom is -0.360 e. The molecule has 1 fully saturated rings. The molecule has 0 atom stereocenters. The summed E-state index contributed by atoms with van der Waals surface area (Å²) >= 11 is 7.57. The molecule has 25 heavy (non-hydrogen) atoms. The summed E-state index contributed by atoms with van der Waals surface area (Å²) < 4.78 is 0.778. The van der Waals surface area contributed by atoms with E-state index in [1.807, 2.05) is 35.2 Å². The molecule has 1 saturated heterocycles. The molecule has 1 aliphatic heterocycles. The Morgan fingerprint density at radius 1 is 1.20 bits per heavy atom. The number of anilines is 1. The van der Waals surface area contributed by atoms with Crippen LogP contribution < -0.4 is 4.90 Å². The SMILES string of the molecule is N#Cc1c[nH]c2c(C(=O)N3CCN(c4ccc(Cl)s4)CC3)cccc12. The molecule has 4 rings (SSSR count). The van der Waals surface area contributed by atoms with E-state index in [-0.39, 0.29) is 5.91 Å². The third-order valence-electron chi connectivity index (χ3n) is 4.50. The van der Waals surface area contributed by atoms with Gasteiger partial charge < -0.3 is 14.8 Å². The number of halogens is 1. The number of hydrogen-bond donors (Lipinski definition) is 1. The van der Waals surface area contributed by atoms with Crippen LogP contribution in [0, 0.1) is 11.3 Å². The smallest absolute Gasteiger partial charge is 0.256 e. The first-order chi connectivity index (χ1) is 12.2. The third kappa shape index (κ3) is 2.86. The molecule has 1 aromatic carbocycles. The molecule has 1 amide bonds. The first kappa shape index (κ1) is 16.0. The predicted molar refractivity (Wildman–Crippen MR) is 100 cm³/mol. The monoisotopic (exact) mass is 370 g/mol. The summed E-state index contributed by atoms with van der Waals surface area (Å²) in [6.45, 7) is 2.90. The molecule has 7 heteroatoms. The first-order valence-corrected chi connectivity index (χ1v) is 9.16. The van der Waals surface area contributed by atoms with Crippen molar-refractivity contribution in [1.82, 2.24) is 9.88 Å². The van der Waals surface area contributed by atoms with Crippen molar-refractivity contribution >= 4 is 44.7 Å². The summed E-state index contributed by atoms with van der Waals surface area (Å²) in [6, 6.07) is 11.6. The summed E-state index contributed by atoms with van der Waals surface area (Å²) in [5, 5.41) is 11.1. The molecule has 0 unspecified atom stereocenters. The van der Waals surface area contributed by atoms with E-state index < -0.39 is 0 Å². The molecule has 5 nitrogen and oxygen atoms in total. The van der Waals surface area contributed by atoms with Crippen molar-refractivity contribution in [2.45, 2.75) is 0 Å². The molecule has 3 aromatic rings. The van der Waals surface area contributed by atoms with Gasteiger partial charge >= 0.3 is 0 Å². The number of piperazine rings is 1. The van der Waals surface area contributed by atoms with Crippen LogP contribution in [-0.4, -0.2) is 42.0 Å². The number of para-hydroxylation sites is 1. The Hall–Kier alpha value is -2.49. The number of benzene rings is 1. The maximum atomic E-state index is 12.9. The van der Waals surface area contributed by atoms with Crippen molar-refractivity contribution in [2.75, 3.05) is 31.1 Å². The zero-order chi connectivity index (χ0) is 17.4. The minimum absolute atomic E-state index is 0.000742. The van der Waals surface area contributed by atoms with Gasteiger partial charge in [-0.15, -0.1) is 11.3 Å². The van der Waals surface area contributed by atoms with Gasteiger partial charge in [0.2, 0.25) is 0 Å². The standard InChI is InChI=1S/C18H15ClN4OS/c19-15-4-5-16(25-15)22-6-8-23(9-7-22)18(24)14-3-1-2-13-12(10-20)11-21-17(13)14/h1-5,11,21H,6-9H2. The van der Waals surface area contributed by atoms with Crippen molar-refractivity contribution in [3.05, 3.63) is 52.0 Å². The van der Waals surface area contributed by atoms with E-state index in [0.29, 0.717) is 24.2 Å². The average molecular weight is 371 g/mol. The number of aromatic nitrogens is 1. The Kier molecular flexibility index (Phi) is 4.12. The highest BCUT2D eigenvalue weighted by Crippen LogP contribution is 2.30. The molecule has 3 heterocycles. The summed E-state index contributed by atoms with van der Waals surface area (Å²) in [6.07, 6.45) is 1.65. The van der Waals surface area contributed by atoms with E-state index >= 15 is 0 Å². The Labute approximate surface area is 154 Å². The minimum atomic E-state index is 0.000742. The maximum Gasteiger partial charge on any atom is 0.256 e. The second-order valence-corrected chi connectivity index (χ2v) is 7.59. The molecular weight excluding hydrogens is 356 g/mol. The second kappa shape index (κ2) is 6.43. The van der Waals surface area contributed by atoms with Crippen molar-refractivity contribution in [1.29, 1.82) is 5.26 Å². The van der Waals surface area contributed by atoms with Gasteiger partial charge in [-0.1, -0.05) is 23.7 Å². The highest BCUT2D eigenvalue weighted by Gasteiger charge is 2.24. The lowest BCUT2D eigenvalue weighted by Crippen LogP contribution is -2.48. The van der Waals surface area contributed by atoms with Gasteiger partial charge in [0.25, 0.3) is 5.91 Å².